The highest BCUT2D eigenvalue weighted by Crippen LogP contribution is 2.14. The third-order valence-corrected chi connectivity index (χ3v) is 4.76. The number of allylic oxidation sites excluding steroid dienone is 20. The van der Waals surface area contributed by atoms with Gasteiger partial charge in [-0.1, -0.05) is 132 Å². The van der Waals surface area contributed by atoms with E-state index in [0.717, 1.165) is 29.6 Å². The summed E-state index contributed by atoms with van der Waals surface area (Å²) in [6, 6.07) is 0. The average molecular weight is 473 g/mol. The maximum atomic E-state index is 3.99. The van der Waals surface area contributed by atoms with Crippen LogP contribution in [0.3, 0.4) is 0 Å². The van der Waals surface area contributed by atoms with Gasteiger partial charge >= 0.3 is 0 Å². The van der Waals surface area contributed by atoms with Gasteiger partial charge in [-0.15, -0.1) is 0 Å². The third kappa shape index (κ3) is 15.6. The molecular weight excluding hydrogens is 432 g/mol. The summed E-state index contributed by atoms with van der Waals surface area (Å²) in [4.78, 5) is 0. The molecule has 0 saturated heterocycles. The van der Waals surface area contributed by atoms with Crippen molar-refractivity contribution in [3.05, 3.63) is 157 Å². The van der Waals surface area contributed by atoms with Crippen molar-refractivity contribution in [2.45, 2.75) is 40.5 Å². The van der Waals surface area contributed by atoms with Crippen LogP contribution in [0.1, 0.15) is 40.5 Å². The molecule has 0 heterocycles. The van der Waals surface area contributed by atoms with Gasteiger partial charge in [0.1, 0.15) is 0 Å². The molecule has 0 spiro atoms. The molecule has 0 unspecified atom stereocenters. The van der Waals surface area contributed by atoms with Crippen molar-refractivity contribution in [2.75, 3.05) is 0 Å². The van der Waals surface area contributed by atoms with Crippen molar-refractivity contribution in [3.8, 4) is 23.7 Å². The van der Waals surface area contributed by atoms with E-state index in [1.807, 2.05) is 37.3 Å². The van der Waals surface area contributed by atoms with Crippen molar-refractivity contribution < 1.29 is 0 Å². The molecule has 0 aromatic rings. The van der Waals surface area contributed by atoms with Crippen LogP contribution in [-0.2, 0) is 0 Å². The van der Waals surface area contributed by atoms with E-state index in [2.05, 4.69) is 108 Å². The standard InChI is InChI=1S/C36H40/c1-11-14-16-18-35(10)36(13-3)28-26-32(7)24-22-30(5)20-19-29(4)21-23-31(6)25-27-34(9)33(8)17-15-12-2/h12,14-20,25-28H,2,4-6,8-9,11,13H2,1,3,7,10H3/b16-14-,17-15-,20-19-,27-25-,32-26+,35-18+,36-28+. The second-order valence-corrected chi connectivity index (χ2v) is 7.97. The Morgan fingerprint density at radius 1 is 0.639 bits per heavy atom. The second-order valence-electron chi connectivity index (χ2n) is 7.97. The van der Waals surface area contributed by atoms with Crippen LogP contribution in [0.2, 0.25) is 0 Å². The van der Waals surface area contributed by atoms with Crippen LogP contribution in [0.15, 0.2) is 157 Å². The van der Waals surface area contributed by atoms with Crippen LogP contribution in [0.5, 0.6) is 0 Å². The molecule has 0 radical (unpaired) electrons. The predicted molar refractivity (Wildman–Crippen MR) is 164 cm³/mol. The lowest BCUT2D eigenvalue weighted by Gasteiger charge is -2.02. The van der Waals surface area contributed by atoms with E-state index in [1.165, 1.54) is 11.1 Å². The summed E-state index contributed by atoms with van der Waals surface area (Å²) in [5.74, 6) is 12.2. The zero-order chi connectivity index (χ0) is 27.3. The van der Waals surface area contributed by atoms with Crippen LogP contribution in [0, 0.1) is 23.7 Å². The van der Waals surface area contributed by atoms with Crippen LogP contribution >= 0.6 is 0 Å². The van der Waals surface area contributed by atoms with E-state index in [0.29, 0.717) is 16.7 Å². The van der Waals surface area contributed by atoms with Gasteiger partial charge < -0.3 is 0 Å². The molecule has 0 N–H and O–H groups in total. The molecule has 0 aliphatic carbocycles. The lowest BCUT2D eigenvalue weighted by Crippen LogP contribution is -1.83. The second kappa shape index (κ2) is 19.1. The van der Waals surface area contributed by atoms with Gasteiger partial charge in [0.2, 0.25) is 0 Å². The fraction of sp³-hybridized carbons (Fsp3) is 0.167. The SMILES string of the molecule is C=C/C=C\C(=C)C(=C)/C=C\C(=C)C#CC(=C)/C=C\C(=C)C#C/C(C)=C/C=C(CC)/C(C)=C/C=C\CC. The van der Waals surface area contributed by atoms with Crippen LogP contribution in [-0.4, -0.2) is 0 Å². The number of rotatable bonds is 12. The van der Waals surface area contributed by atoms with Crippen LogP contribution in [0.4, 0.5) is 0 Å². The fourth-order valence-corrected chi connectivity index (χ4v) is 2.52. The average Bonchev–Trinajstić information content (AvgIpc) is 2.86. The van der Waals surface area contributed by atoms with E-state index >= 15 is 0 Å². The smallest absolute Gasteiger partial charge is 0.0177 e. The van der Waals surface area contributed by atoms with E-state index in [1.54, 1.807) is 18.2 Å². The maximum Gasteiger partial charge on any atom is 0.0177 e. The molecule has 0 rings (SSSR count). The van der Waals surface area contributed by atoms with Gasteiger partial charge in [0.05, 0.1) is 0 Å². The lowest BCUT2D eigenvalue weighted by molar-refractivity contribution is 1.10. The highest BCUT2D eigenvalue weighted by Gasteiger charge is 1.95. The Hall–Kier alpha value is -4.26. The summed E-state index contributed by atoms with van der Waals surface area (Å²) in [6.07, 6.45) is 25.2. The van der Waals surface area contributed by atoms with Gasteiger partial charge in [0.15, 0.2) is 0 Å². The summed E-state index contributed by atoms with van der Waals surface area (Å²) in [6.45, 7) is 31.9. The first-order valence-corrected chi connectivity index (χ1v) is 12.0. The van der Waals surface area contributed by atoms with E-state index in [9.17, 15) is 0 Å². The van der Waals surface area contributed by atoms with Gasteiger partial charge in [-0.25, -0.2) is 0 Å². The van der Waals surface area contributed by atoms with E-state index in [-0.39, 0.29) is 0 Å². The highest BCUT2D eigenvalue weighted by molar-refractivity contribution is 5.51. The predicted octanol–water partition coefficient (Wildman–Crippen LogP) is 9.82. The topological polar surface area (TPSA) is 0 Å². The molecular formula is C36H40. The Balaban J connectivity index is 5.06. The van der Waals surface area contributed by atoms with Crippen molar-refractivity contribution in [1.29, 1.82) is 0 Å². The summed E-state index contributed by atoms with van der Waals surface area (Å²) >= 11 is 0. The highest BCUT2D eigenvalue weighted by atomic mass is 14.0. The molecule has 0 fully saturated rings. The molecule has 0 aromatic carbocycles. The van der Waals surface area contributed by atoms with Crippen molar-refractivity contribution in [1.82, 2.24) is 0 Å². The minimum atomic E-state index is 0.645. The Labute approximate surface area is 221 Å². The minimum absolute atomic E-state index is 0.645. The summed E-state index contributed by atoms with van der Waals surface area (Å²) in [5.41, 5.74) is 7.10. The molecule has 0 saturated carbocycles. The van der Waals surface area contributed by atoms with Gasteiger partial charge in [0.25, 0.3) is 0 Å². The number of hydrogen-bond donors (Lipinski definition) is 0. The molecule has 0 amide bonds. The Morgan fingerprint density at radius 3 is 1.69 bits per heavy atom. The van der Waals surface area contributed by atoms with Crippen LogP contribution < -0.4 is 0 Å². The molecule has 0 aliphatic rings. The molecule has 36 heavy (non-hydrogen) atoms. The number of hydrogen-bond acceptors (Lipinski definition) is 0. The molecule has 0 heteroatoms. The van der Waals surface area contributed by atoms with E-state index in [4.69, 9.17) is 0 Å². The first kappa shape index (κ1) is 31.7. The maximum absolute atomic E-state index is 3.99. The molecule has 0 nitrogen and oxygen atoms in total. The Kier molecular flexibility index (Phi) is 16.8. The van der Waals surface area contributed by atoms with E-state index < -0.39 is 0 Å². The normalized spacial score (nSPS) is 12.4. The zero-order valence-electron chi connectivity index (χ0n) is 22.6. The Bertz CT molecular complexity index is 1200. The van der Waals surface area contributed by atoms with Crippen molar-refractivity contribution in [2.24, 2.45) is 0 Å². The molecule has 0 aliphatic heterocycles. The first-order valence-electron chi connectivity index (χ1n) is 12.0. The summed E-state index contributed by atoms with van der Waals surface area (Å²) < 4.78 is 0. The zero-order valence-corrected chi connectivity index (χ0v) is 22.6. The molecule has 0 bridgehead atoms. The fourth-order valence-electron chi connectivity index (χ4n) is 2.52. The summed E-state index contributed by atoms with van der Waals surface area (Å²) in [7, 11) is 0. The van der Waals surface area contributed by atoms with Gasteiger partial charge in [-0.05, 0) is 72.8 Å². The largest absolute Gasteiger partial charge is 0.0991 e. The first-order chi connectivity index (χ1) is 17.1. The van der Waals surface area contributed by atoms with Crippen molar-refractivity contribution in [3.63, 3.8) is 0 Å². The molecule has 0 aromatic heterocycles. The summed E-state index contributed by atoms with van der Waals surface area (Å²) in [5, 5.41) is 0. The molecule has 0 atom stereocenters. The minimum Gasteiger partial charge on any atom is -0.0991 e. The Morgan fingerprint density at radius 2 is 1.17 bits per heavy atom. The lowest BCUT2D eigenvalue weighted by atomic mass is 10.0. The van der Waals surface area contributed by atoms with Crippen LogP contribution in [0.25, 0.3) is 0 Å². The monoisotopic (exact) mass is 472 g/mol. The van der Waals surface area contributed by atoms with Crippen molar-refractivity contribution >= 4 is 0 Å². The van der Waals surface area contributed by atoms with Gasteiger partial charge in [-0.2, -0.15) is 0 Å². The van der Waals surface area contributed by atoms with Gasteiger partial charge in [-0.3, -0.25) is 0 Å². The third-order valence-electron chi connectivity index (χ3n) is 4.76. The molecule has 184 valence electrons. The van der Waals surface area contributed by atoms with Gasteiger partial charge in [0, 0.05) is 16.7 Å². The quantitative estimate of drug-likeness (QED) is 0.196.